The number of carboxylic acid groups (broad SMARTS) is 1. The van der Waals surface area contributed by atoms with Gasteiger partial charge in [0.15, 0.2) is 0 Å². The zero-order valence-electron chi connectivity index (χ0n) is 11.4. The molecule has 0 aromatic carbocycles. The predicted octanol–water partition coefficient (Wildman–Crippen LogP) is -0.983. The highest BCUT2D eigenvalue weighted by Gasteiger charge is 2.18. The van der Waals surface area contributed by atoms with Crippen LogP contribution in [0.3, 0.4) is 0 Å². The summed E-state index contributed by atoms with van der Waals surface area (Å²) in [5.41, 5.74) is 0. The monoisotopic (exact) mass is 336 g/mol. The van der Waals surface area contributed by atoms with Crippen molar-refractivity contribution in [2.75, 3.05) is 44.4 Å². The summed E-state index contributed by atoms with van der Waals surface area (Å²) >= 11 is 1.41. The number of thioether (sulfide) groups is 1. The number of carbonyl (C=O) groups excluding carboxylic acids is 1. The van der Waals surface area contributed by atoms with Crippen molar-refractivity contribution in [3.05, 3.63) is 0 Å². The van der Waals surface area contributed by atoms with Gasteiger partial charge in [0.05, 0.1) is 13.2 Å². The van der Waals surface area contributed by atoms with Crippen molar-refractivity contribution in [1.82, 2.24) is 10.2 Å². The first-order valence-electron chi connectivity index (χ1n) is 6.03. The van der Waals surface area contributed by atoms with Gasteiger partial charge in [0, 0.05) is 38.1 Å². The van der Waals surface area contributed by atoms with Gasteiger partial charge in [0.2, 0.25) is 5.91 Å². The maximum Gasteiger partial charge on any atom is 0.327 e. The van der Waals surface area contributed by atoms with Crippen LogP contribution in [0.25, 0.3) is 0 Å². The number of carboxylic acids is 1. The Hall–Kier alpha value is -0.540. The van der Waals surface area contributed by atoms with Gasteiger partial charge < -0.3 is 20.6 Å². The third kappa shape index (κ3) is 11.3. The first-order chi connectivity index (χ1) is 9.01. The van der Waals surface area contributed by atoms with Gasteiger partial charge in [-0.15, -0.1) is 12.4 Å². The molecule has 9 heteroatoms. The summed E-state index contributed by atoms with van der Waals surface area (Å²) < 4.78 is 0. The molecule has 0 unspecified atom stereocenters. The average Bonchev–Trinajstić information content (AvgIpc) is 2.32. The van der Waals surface area contributed by atoms with Gasteiger partial charge in [0.25, 0.3) is 0 Å². The normalized spacial score (nSPS) is 11.8. The summed E-state index contributed by atoms with van der Waals surface area (Å²) in [7, 11) is 0. The van der Waals surface area contributed by atoms with Crippen molar-refractivity contribution in [2.45, 2.75) is 13.0 Å². The Morgan fingerprint density at radius 3 is 2.15 bits per heavy atom. The second kappa shape index (κ2) is 13.4. The molecule has 20 heavy (non-hydrogen) atoms. The van der Waals surface area contributed by atoms with Gasteiger partial charge in [-0.2, -0.15) is 11.8 Å². The highest BCUT2D eigenvalue weighted by atomic mass is 35.5. The molecule has 0 aliphatic heterocycles. The van der Waals surface area contributed by atoms with E-state index in [0.717, 1.165) is 0 Å². The number of hydrogen-bond donors (Lipinski definition) is 4. The first-order valence-corrected chi connectivity index (χ1v) is 7.18. The van der Waals surface area contributed by atoms with E-state index in [1.807, 2.05) is 4.90 Å². The van der Waals surface area contributed by atoms with E-state index >= 15 is 0 Å². The van der Waals surface area contributed by atoms with Crippen molar-refractivity contribution in [3.8, 4) is 0 Å². The Balaban J connectivity index is 0. The highest BCUT2D eigenvalue weighted by Crippen LogP contribution is 2.04. The minimum Gasteiger partial charge on any atom is -0.480 e. The SMILES string of the molecule is CC(=O)N[C@@H](CS[13CH2][13CH2]N([13CH2][13CH2]O)[13CH2][13CH2]O)C(=O)O.Cl. The third-order valence-corrected chi connectivity index (χ3v) is 3.38. The molecule has 0 aromatic rings. The quantitative estimate of drug-likeness (QED) is 0.283. The zero-order chi connectivity index (χ0) is 14.7. The second-order valence-electron chi connectivity index (χ2n) is 3.96. The molecule has 1 amide bonds. The second-order valence-corrected chi connectivity index (χ2v) is 5.10. The minimum atomic E-state index is -1.05. The van der Waals surface area contributed by atoms with E-state index in [0.29, 0.717) is 31.1 Å². The Morgan fingerprint density at radius 2 is 1.75 bits per heavy atom. The lowest BCUT2D eigenvalue weighted by Gasteiger charge is -2.20. The molecule has 120 valence electrons. The van der Waals surface area contributed by atoms with Gasteiger partial charge in [-0.3, -0.25) is 9.69 Å². The van der Waals surface area contributed by atoms with Gasteiger partial charge in [-0.05, 0) is 0 Å². The van der Waals surface area contributed by atoms with Crippen LogP contribution >= 0.6 is 24.2 Å². The molecule has 0 aliphatic carbocycles. The van der Waals surface area contributed by atoms with E-state index < -0.39 is 12.0 Å². The van der Waals surface area contributed by atoms with Crippen molar-refractivity contribution in [2.24, 2.45) is 0 Å². The molecule has 0 aliphatic rings. The zero-order valence-corrected chi connectivity index (χ0v) is 13.1. The summed E-state index contributed by atoms with van der Waals surface area (Å²) in [6.45, 7) is 2.94. The first kappa shape index (κ1) is 21.8. The van der Waals surface area contributed by atoms with Crippen LogP contribution in [0, 0.1) is 0 Å². The van der Waals surface area contributed by atoms with Crippen LogP contribution in [-0.2, 0) is 9.59 Å². The number of rotatable bonds is 11. The average molecular weight is 337 g/mol. The maximum absolute atomic E-state index is 10.9. The Morgan fingerprint density at radius 1 is 1.20 bits per heavy atom. The molecule has 4 N–H and O–H groups in total. The largest absolute Gasteiger partial charge is 0.480 e. The van der Waals surface area contributed by atoms with Crippen molar-refractivity contribution < 1.29 is 24.9 Å². The molecule has 0 bridgehead atoms. The van der Waals surface area contributed by atoms with E-state index in [1.165, 1.54) is 18.7 Å². The van der Waals surface area contributed by atoms with E-state index in [4.69, 9.17) is 15.3 Å². The van der Waals surface area contributed by atoms with E-state index in [1.54, 1.807) is 0 Å². The summed E-state index contributed by atoms with van der Waals surface area (Å²) in [5.74, 6) is -0.454. The third-order valence-electron chi connectivity index (χ3n) is 2.34. The highest BCUT2D eigenvalue weighted by molar-refractivity contribution is 7.99. The van der Waals surface area contributed by atoms with E-state index in [-0.39, 0.29) is 31.5 Å². The molecule has 7 nitrogen and oxygen atoms in total. The fourth-order valence-corrected chi connectivity index (χ4v) is 2.45. The van der Waals surface area contributed by atoms with Crippen LogP contribution in [0.4, 0.5) is 0 Å². The van der Waals surface area contributed by atoms with Crippen LogP contribution in [-0.4, -0.2) is 82.5 Å². The number of hydrogen-bond acceptors (Lipinski definition) is 6. The lowest BCUT2D eigenvalue weighted by molar-refractivity contribution is -0.140. The van der Waals surface area contributed by atoms with Gasteiger partial charge in [-0.25, -0.2) is 4.79 Å². The molecular formula is C11H23ClN2O5S. The van der Waals surface area contributed by atoms with Gasteiger partial charge in [-0.1, -0.05) is 0 Å². The maximum atomic E-state index is 10.9. The number of aliphatic hydroxyl groups is 2. The Labute approximate surface area is 129 Å². The summed E-state index contributed by atoms with van der Waals surface area (Å²) in [5, 5.41) is 28.9. The molecular weight excluding hydrogens is 314 g/mol. The van der Waals surface area contributed by atoms with Crippen LogP contribution in [0.1, 0.15) is 6.92 Å². The molecule has 1 atom stereocenters. The number of halogens is 1. The number of aliphatic carboxylic acids is 1. The molecule has 0 radical (unpaired) electrons. The van der Waals surface area contributed by atoms with Crippen molar-refractivity contribution in [1.29, 1.82) is 0 Å². The lowest BCUT2D eigenvalue weighted by atomic mass is 10.3. The summed E-state index contributed by atoms with van der Waals surface area (Å²) in [6, 6.07) is -0.883. The Kier molecular flexibility index (Phi) is 14.6. The number of carbonyl (C=O) groups is 2. The topological polar surface area (TPSA) is 110 Å². The number of nitrogens with zero attached hydrogens (tertiary/aromatic N) is 1. The van der Waals surface area contributed by atoms with E-state index in [2.05, 4.69) is 5.32 Å². The fraction of sp³-hybridized carbons (Fsp3) is 0.818. The Bertz CT molecular complexity index is 278. The van der Waals surface area contributed by atoms with Gasteiger partial charge in [0.1, 0.15) is 6.04 Å². The molecule has 0 rings (SSSR count). The van der Waals surface area contributed by atoms with Crippen molar-refractivity contribution in [3.63, 3.8) is 0 Å². The summed E-state index contributed by atoms with van der Waals surface area (Å²) in [4.78, 5) is 23.6. The van der Waals surface area contributed by atoms with Crippen LogP contribution < -0.4 is 5.32 Å². The molecule has 0 heterocycles. The molecule has 0 saturated carbocycles. The summed E-state index contributed by atoms with van der Waals surface area (Å²) in [6.07, 6.45) is 0. The number of amides is 1. The molecule has 0 fully saturated rings. The fourth-order valence-electron chi connectivity index (χ4n) is 1.43. The van der Waals surface area contributed by atoms with E-state index in [9.17, 15) is 9.59 Å². The van der Waals surface area contributed by atoms with Crippen LogP contribution in [0.5, 0.6) is 0 Å². The minimum absolute atomic E-state index is 0. The van der Waals surface area contributed by atoms with Crippen LogP contribution in [0.15, 0.2) is 0 Å². The van der Waals surface area contributed by atoms with Crippen LogP contribution in [0.2, 0.25) is 0 Å². The molecule has 0 saturated heterocycles. The lowest BCUT2D eigenvalue weighted by Crippen LogP contribution is -2.41. The standard InChI is InChI=1S/C11H22N2O5S.ClH/c1-9(16)12-10(11(17)18)8-19-7-4-13(2-5-14)3-6-15;/h10,14-15H,2-8H2,1H3,(H,12,16)(H,17,18);1H/t10-;/m0./s1/i2+1,3+1,4+1,5+1,6+1,7+1;. The molecule has 0 spiro atoms. The van der Waals surface area contributed by atoms with Gasteiger partial charge >= 0.3 is 5.97 Å². The molecule has 0 aromatic heterocycles. The number of nitrogens with one attached hydrogen (secondary N) is 1. The number of aliphatic hydroxyl groups excluding tert-OH is 2. The predicted molar refractivity (Wildman–Crippen MR) is 80.4 cm³/mol. The van der Waals surface area contributed by atoms with Crippen molar-refractivity contribution >= 4 is 36.0 Å². The smallest absolute Gasteiger partial charge is 0.327 e.